The van der Waals surface area contributed by atoms with Gasteiger partial charge in [-0.15, -0.1) is 0 Å². The first-order valence-electron chi connectivity index (χ1n) is 6.24. The largest absolute Gasteiger partial charge is 0.456 e. The third kappa shape index (κ3) is 5.08. The number of hydrogen-bond acceptors (Lipinski definition) is 3. The Kier molecular flexibility index (Phi) is 4.65. The molecule has 0 aromatic carbocycles. The van der Waals surface area contributed by atoms with Crippen LogP contribution in [0.25, 0.3) is 12.2 Å². The molecule has 0 fully saturated rings. The number of allylic oxidation sites excluding steroid dienone is 1. The Morgan fingerprint density at radius 2 is 1.84 bits per heavy atom. The van der Waals surface area contributed by atoms with Gasteiger partial charge in [0.15, 0.2) is 0 Å². The number of esters is 1. The molecule has 0 aliphatic rings. The maximum absolute atomic E-state index is 12.1. The number of ether oxygens (including phenoxy) is 1. The van der Waals surface area contributed by atoms with Crippen LogP contribution in [0.2, 0.25) is 0 Å². The Balaban J connectivity index is 3.17. The Bertz CT molecular complexity index is 518. The summed E-state index contributed by atoms with van der Waals surface area (Å²) in [6.45, 7) is 13.2. The summed E-state index contributed by atoms with van der Waals surface area (Å²) in [5.41, 5.74) is 2.50. The number of rotatable bonds is 3. The van der Waals surface area contributed by atoms with Crippen LogP contribution in [0.15, 0.2) is 24.3 Å². The molecule has 0 N–H and O–H groups in total. The van der Waals surface area contributed by atoms with E-state index in [9.17, 15) is 4.79 Å². The van der Waals surface area contributed by atoms with E-state index in [1.54, 1.807) is 18.2 Å². The van der Waals surface area contributed by atoms with Gasteiger partial charge in [-0.3, -0.25) is 0 Å². The zero-order valence-electron chi connectivity index (χ0n) is 12.3. The summed E-state index contributed by atoms with van der Waals surface area (Å²) in [5, 5.41) is 0. The predicted molar refractivity (Wildman–Crippen MR) is 78.8 cm³/mol. The van der Waals surface area contributed by atoms with Gasteiger partial charge >= 0.3 is 5.97 Å². The van der Waals surface area contributed by atoms with E-state index in [1.165, 1.54) is 0 Å². The summed E-state index contributed by atoms with van der Waals surface area (Å²) in [4.78, 5) is 16.4. The second-order valence-corrected chi connectivity index (χ2v) is 5.63. The lowest BCUT2D eigenvalue weighted by Gasteiger charge is -2.19. The van der Waals surface area contributed by atoms with Crippen molar-refractivity contribution in [1.29, 1.82) is 0 Å². The first-order chi connectivity index (χ1) is 8.71. The molecule has 0 aliphatic carbocycles. The predicted octanol–water partition coefficient (Wildman–Crippen LogP) is 4.10. The third-order valence-corrected chi connectivity index (χ3v) is 2.15. The monoisotopic (exact) mass is 259 g/mol. The van der Waals surface area contributed by atoms with Gasteiger partial charge in [0.2, 0.25) is 0 Å². The lowest BCUT2D eigenvalue weighted by molar-refractivity contribution is 0.00693. The lowest BCUT2D eigenvalue weighted by atomic mass is 10.1. The standard InChI is InChI=1S/C16H21NO2/c1-7-13-9-12(15(18)19-16(4,5)6)10-14(17-13)8-11(2)3/h7-10H,1H2,2-6H3. The number of carbonyl (C=O) groups is 1. The van der Waals surface area contributed by atoms with Crippen molar-refractivity contribution in [3.05, 3.63) is 41.2 Å². The van der Waals surface area contributed by atoms with Crippen molar-refractivity contribution in [3.8, 4) is 0 Å². The SMILES string of the molecule is C=Cc1cc(C(=O)OC(C)(C)C)cc(C=C(C)C)n1. The van der Waals surface area contributed by atoms with Crippen LogP contribution in [-0.2, 0) is 4.74 Å². The number of pyridine rings is 1. The topological polar surface area (TPSA) is 39.2 Å². The van der Waals surface area contributed by atoms with Crippen LogP contribution in [-0.4, -0.2) is 16.6 Å². The second kappa shape index (κ2) is 5.83. The molecule has 0 spiro atoms. The fraction of sp³-hybridized carbons (Fsp3) is 0.375. The molecule has 0 aliphatic heterocycles. The highest BCUT2D eigenvalue weighted by Gasteiger charge is 2.18. The lowest BCUT2D eigenvalue weighted by Crippen LogP contribution is -2.24. The number of nitrogens with zero attached hydrogens (tertiary/aromatic N) is 1. The van der Waals surface area contributed by atoms with Gasteiger partial charge in [-0.1, -0.05) is 12.2 Å². The molecule has 0 saturated carbocycles. The van der Waals surface area contributed by atoms with Crippen LogP contribution in [0.4, 0.5) is 0 Å². The molecule has 1 heterocycles. The smallest absolute Gasteiger partial charge is 0.338 e. The quantitative estimate of drug-likeness (QED) is 0.767. The fourth-order valence-electron chi connectivity index (χ4n) is 1.50. The molecule has 0 radical (unpaired) electrons. The number of carbonyl (C=O) groups excluding carboxylic acids is 1. The van der Waals surface area contributed by atoms with Crippen molar-refractivity contribution in [2.45, 2.75) is 40.2 Å². The van der Waals surface area contributed by atoms with E-state index >= 15 is 0 Å². The molecular weight excluding hydrogens is 238 g/mol. The van der Waals surface area contributed by atoms with Crippen molar-refractivity contribution in [2.24, 2.45) is 0 Å². The molecule has 0 bridgehead atoms. The fourth-order valence-corrected chi connectivity index (χ4v) is 1.50. The zero-order chi connectivity index (χ0) is 14.6. The molecule has 102 valence electrons. The minimum Gasteiger partial charge on any atom is -0.456 e. The molecule has 0 saturated heterocycles. The summed E-state index contributed by atoms with van der Waals surface area (Å²) < 4.78 is 5.36. The average Bonchev–Trinajstić information content (AvgIpc) is 2.25. The van der Waals surface area contributed by atoms with Crippen LogP contribution in [0.5, 0.6) is 0 Å². The minimum absolute atomic E-state index is 0.346. The summed E-state index contributed by atoms with van der Waals surface area (Å²) in [5.74, 6) is -0.346. The molecular formula is C16H21NO2. The first-order valence-corrected chi connectivity index (χ1v) is 6.24. The van der Waals surface area contributed by atoms with Gasteiger partial charge in [-0.25, -0.2) is 9.78 Å². The molecule has 1 aromatic rings. The van der Waals surface area contributed by atoms with E-state index in [0.29, 0.717) is 11.3 Å². The van der Waals surface area contributed by atoms with E-state index < -0.39 is 5.60 Å². The minimum atomic E-state index is -0.509. The summed E-state index contributed by atoms with van der Waals surface area (Å²) >= 11 is 0. The molecule has 1 rings (SSSR count). The van der Waals surface area contributed by atoms with Crippen molar-refractivity contribution < 1.29 is 9.53 Å². The average molecular weight is 259 g/mol. The van der Waals surface area contributed by atoms with Crippen molar-refractivity contribution in [1.82, 2.24) is 4.98 Å². The maximum Gasteiger partial charge on any atom is 0.338 e. The number of aromatic nitrogens is 1. The van der Waals surface area contributed by atoms with Gasteiger partial charge in [0, 0.05) is 0 Å². The molecule has 19 heavy (non-hydrogen) atoms. The van der Waals surface area contributed by atoms with Gasteiger partial charge < -0.3 is 4.74 Å². The first kappa shape index (κ1) is 15.2. The van der Waals surface area contributed by atoms with Crippen molar-refractivity contribution in [2.75, 3.05) is 0 Å². The third-order valence-electron chi connectivity index (χ3n) is 2.15. The van der Waals surface area contributed by atoms with Crippen LogP contribution in [0, 0.1) is 0 Å². The molecule has 0 atom stereocenters. The van der Waals surface area contributed by atoms with Gasteiger partial charge in [-0.05, 0) is 58.9 Å². The number of hydrogen-bond donors (Lipinski definition) is 0. The van der Waals surface area contributed by atoms with Gasteiger partial charge in [0.05, 0.1) is 17.0 Å². The van der Waals surface area contributed by atoms with Crippen LogP contribution in [0.1, 0.15) is 56.4 Å². The van der Waals surface area contributed by atoms with E-state index in [1.807, 2.05) is 40.7 Å². The van der Waals surface area contributed by atoms with E-state index in [4.69, 9.17) is 4.74 Å². The van der Waals surface area contributed by atoms with E-state index in [0.717, 1.165) is 11.3 Å². The summed E-state index contributed by atoms with van der Waals surface area (Å²) in [7, 11) is 0. The molecule has 0 amide bonds. The molecule has 3 nitrogen and oxygen atoms in total. The highest BCUT2D eigenvalue weighted by atomic mass is 16.6. The Morgan fingerprint density at radius 1 is 1.26 bits per heavy atom. The second-order valence-electron chi connectivity index (χ2n) is 5.63. The van der Waals surface area contributed by atoms with Gasteiger partial charge in [0.25, 0.3) is 0 Å². The van der Waals surface area contributed by atoms with Gasteiger partial charge in [0.1, 0.15) is 5.60 Å². The van der Waals surface area contributed by atoms with Crippen molar-refractivity contribution >= 4 is 18.1 Å². The van der Waals surface area contributed by atoms with Crippen molar-refractivity contribution in [3.63, 3.8) is 0 Å². The summed E-state index contributed by atoms with van der Waals surface area (Å²) in [6, 6.07) is 3.41. The van der Waals surface area contributed by atoms with Gasteiger partial charge in [-0.2, -0.15) is 0 Å². The van der Waals surface area contributed by atoms with E-state index in [2.05, 4.69) is 11.6 Å². The summed E-state index contributed by atoms with van der Waals surface area (Å²) in [6.07, 6.45) is 3.54. The molecule has 1 aromatic heterocycles. The Morgan fingerprint density at radius 3 is 2.32 bits per heavy atom. The highest BCUT2D eigenvalue weighted by molar-refractivity contribution is 5.90. The molecule has 0 unspecified atom stereocenters. The highest BCUT2D eigenvalue weighted by Crippen LogP contribution is 2.15. The van der Waals surface area contributed by atoms with Crippen LogP contribution in [0.3, 0.4) is 0 Å². The Hall–Kier alpha value is -1.90. The normalized spacial score (nSPS) is 10.8. The molecule has 3 heteroatoms. The van der Waals surface area contributed by atoms with E-state index in [-0.39, 0.29) is 5.97 Å². The van der Waals surface area contributed by atoms with Crippen LogP contribution < -0.4 is 0 Å². The van der Waals surface area contributed by atoms with Crippen LogP contribution >= 0.6 is 0 Å². The maximum atomic E-state index is 12.1. The zero-order valence-corrected chi connectivity index (χ0v) is 12.3. The Labute approximate surface area is 115 Å².